The third-order valence-corrected chi connectivity index (χ3v) is 8.40. The molecule has 1 amide bonds. The zero-order valence-corrected chi connectivity index (χ0v) is 23.4. The molecule has 3 atom stereocenters. The zero-order valence-electron chi connectivity index (χ0n) is 23.4. The number of amides is 1. The third kappa shape index (κ3) is 5.74. The van der Waals surface area contributed by atoms with Crippen LogP contribution in [0.4, 0.5) is 44.3 Å². The van der Waals surface area contributed by atoms with E-state index in [1.807, 2.05) is 0 Å². The van der Waals surface area contributed by atoms with Crippen molar-refractivity contribution in [3.63, 3.8) is 0 Å². The van der Waals surface area contributed by atoms with Crippen molar-refractivity contribution in [3.05, 3.63) is 64.2 Å². The van der Waals surface area contributed by atoms with E-state index in [2.05, 4.69) is 0 Å². The van der Waals surface area contributed by atoms with Gasteiger partial charge in [0.15, 0.2) is 6.10 Å². The van der Waals surface area contributed by atoms with Gasteiger partial charge in [-0.05, 0) is 69.9 Å². The number of cyclic esters (lactones) is 1. The fourth-order valence-electron chi connectivity index (χ4n) is 4.96. The predicted molar refractivity (Wildman–Crippen MR) is 132 cm³/mol. The van der Waals surface area contributed by atoms with Gasteiger partial charge in [0.05, 0.1) is 34.9 Å². The predicted octanol–water partition coefficient (Wildman–Crippen LogP) is 7.27. The molecule has 0 aromatic heterocycles. The van der Waals surface area contributed by atoms with E-state index in [1.54, 1.807) is 27.7 Å². The standard InChI is InChI=1S/C27H28BF9NO4/c1-14-21(15-9-18(26(32,33)34)12-19(10-15)27(35,36)37)40-22(39)38(14,6)13-16-11-17(25(29,30)31)7-8-20(16)28-41-23(2,3)24(4,5)42-28/h7-12,14,21H,13H2,1-6H3/q+1/t14-,21-,38?/m0/s1. The van der Waals surface area contributed by atoms with Crippen LogP contribution < -0.4 is 5.46 Å². The van der Waals surface area contributed by atoms with E-state index in [-0.39, 0.29) is 17.1 Å². The van der Waals surface area contributed by atoms with Crippen molar-refractivity contribution in [3.8, 4) is 0 Å². The number of nitrogens with zero attached hydrogens (tertiary/aromatic N) is 1. The monoisotopic (exact) mass is 612 g/mol. The van der Waals surface area contributed by atoms with E-state index in [1.165, 1.54) is 20.0 Å². The maximum Gasteiger partial charge on any atom is 0.517 e. The molecular weight excluding hydrogens is 584 g/mol. The fourth-order valence-corrected chi connectivity index (χ4v) is 4.96. The van der Waals surface area contributed by atoms with Crippen molar-refractivity contribution in [2.24, 2.45) is 0 Å². The lowest BCUT2D eigenvalue weighted by atomic mass is 9.75. The van der Waals surface area contributed by atoms with Gasteiger partial charge in [0, 0.05) is 5.56 Å². The van der Waals surface area contributed by atoms with E-state index in [9.17, 15) is 44.3 Å². The summed E-state index contributed by atoms with van der Waals surface area (Å²) in [5, 5.41) is 0. The van der Waals surface area contributed by atoms with Gasteiger partial charge in [-0.2, -0.15) is 44.3 Å². The first-order valence-corrected chi connectivity index (χ1v) is 12.8. The van der Waals surface area contributed by atoms with Crippen molar-refractivity contribution in [2.75, 3.05) is 7.05 Å². The minimum Gasteiger partial charge on any atom is -0.405 e. The first kappa shape index (κ1) is 32.1. The molecule has 0 N–H and O–H groups in total. The number of hydrogen-bond acceptors (Lipinski definition) is 4. The number of likely N-dealkylation sites (N-methyl/N-ethyl adjacent to an activating group) is 1. The van der Waals surface area contributed by atoms with Gasteiger partial charge in [-0.3, -0.25) is 0 Å². The van der Waals surface area contributed by atoms with Crippen molar-refractivity contribution in [1.29, 1.82) is 0 Å². The van der Waals surface area contributed by atoms with Crippen LogP contribution in [0.2, 0.25) is 0 Å². The Balaban J connectivity index is 1.77. The molecule has 0 aliphatic carbocycles. The van der Waals surface area contributed by atoms with Gasteiger partial charge < -0.3 is 14.0 Å². The third-order valence-electron chi connectivity index (χ3n) is 8.40. The summed E-state index contributed by atoms with van der Waals surface area (Å²) in [4.78, 5) is 13.2. The highest BCUT2D eigenvalue weighted by Gasteiger charge is 2.56. The number of rotatable bonds is 4. The van der Waals surface area contributed by atoms with Crippen molar-refractivity contribution >= 4 is 18.7 Å². The Labute approximate surface area is 236 Å². The van der Waals surface area contributed by atoms with E-state index in [0.717, 1.165) is 12.1 Å². The SMILES string of the molecule is C[C@H]1[C@@H](c2cc(C(F)(F)F)cc(C(F)(F)F)c2)OC(=O)[N+]1(C)Cc1cc(C(F)(F)F)ccc1B1OC(C)(C)C(C)(C)O1. The molecule has 2 fully saturated rings. The minimum absolute atomic E-state index is 0.0182. The topological polar surface area (TPSA) is 44.8 Å². The molecule has 4 rings (SSSR count). The number of ether oxygens (including phenoxy) is 1. The molecule has 230 valence electrons. The highest BCUT2D eigenvalue weighted by molar-refractivity contribution is 6.62. The van der Waals surface area contributed by atoms with E-state index < -0.39 is 88.4 Å². The van der Waals surface area contributed by atoms with Gasteiger partial charge in [-0.15, -0.1) is 0 Å². The lowest BCUT2D eigenvalue weighted by Crippen LogP contribution is -2.51. The van der Waals surface area contributed by atoms with Gasteiger partial charge >= 0.3 is 31.7 Å². The Morgan fingerprint density at radius 3 is 1.71 bits per heavy atom. The zero-order chi connectivity index (χ0) is 31.8. The van der Waals surface area contributed by atoms with Gasteiger partial charge in [-0.1, -0.05) is 12.1 Å². The van der Waals surface area contributed by atoms with Crippen molar-refractivity contribution < 1.29 is 62.8 Å². The second kappa shape index (κ2) is 9.88. The van der Waals surface area contributed by atoms with Gasteiger partial charge in [0.25, 0.3) is 0 Å². The Morgan fingerprint density at radius 2 is 1.26 bits per heavy atom. The number of alkyl halides is 9. The lowest BCUT2D eigenvalue weighted by molar-refractivity contribution is -0.860. The first-order chi connectivity index (χ1) is 18.9. The van der Waals surface area contributed by atoms with Crippen LogP contribution in [-0.2, 0) is 39.1 Å². The molecular formula is C27H28BF9NO4+. The summed E-state index contributed by atoms with van der Waals surface area (Å²) in [5.41, 5.74) is -6.31. The van der Waals surface area contributed by atoms with Crippen LogP contribution in [0.1, 0.15) is 68.5 Å². The smallest absolute Gasteiger partial charge is 0.405 e. The van der Waals surface area contributed by atoms with E-state index in [4.69, 9.17) is 14.0 Å². The summed E-state index contributed by atoms with van der Waals surface area (Å²) < 4.78 is 139. The molecule has 42 heavy (non-hydrogen) atoms. The number of carbonyl (C=O) groups is 1. The van der Waals surface area contributed by atoms with Crippen LogP contribution in [0, 0.1) is 0 Å². The molecule has 15 heteroatoms. The highest BCUT2D eigenvalue weighted by atomic mass is 19.4. The molecule has 0 bridgehead atoms. The number of benzene rings is 2. The maximum atomic E-state index is 13.7. The molecule has 0 spiro atoms. The average Bonchev–Trinajstić information content (AvgIpc) is 3.18. The summed E-state index contributed by atoms with van der Waals surface area (Å²) in [6.07, 6.45) is -17.6. The van der Waals surface area contributed by atoms with E-state index in [0.29, 0.717) is 12.1 Å². The second-order valence-electron chi connectivity index (χ2n) is 11.8. The number of carbonyl (C=O) groups excluding carboxylic acids is 1. The number of halogens is 9. The quantitative estimate of drug-likeness (QED) is 0.207. The average molecular weight is 612 g/mol. The molecule has 2 aromatic rings. The van der Waals surface area contributed by atoms with Crippen molar-refractivity contribution in [2.45, 2.75) is 83.0 Å². The van der Waals surface area contributed by atoms with Gasteiger partial charge in [0.2, 0.25) is 0 Å². The summed E-state index contributed by atoms with van der Waals surface area (Å²) in [6, 6.07) is 2.61. The number of quaternary nitrogens is 1. The molecule has 2 aliphatic heterocycles. The molecule has 2 aromatic carbocycles. The van der Waals surface area contributed by atoms with Crippen LogP contribution in [0.15, 0.2) is 36.4 Å². The second-order valence-corrected chi connectivity index (χ2v) is 11.8. The summed E-state index contributed by atoms with van der Waals surface area (Å²) in [7, 11) is 0.168. The Morgan fingerprint density at radius 1 is 0.786 bits per heavy atom. The minimum atomic E-state index is -5.13. The first-order valence-electron chi connectivity index (χ1n) is 12.8. The number of hydrogen-bond donors (Lipinski definition) is 0. The summed E-state index contributed by atoms with van der Waals surface area (Å²) in [6.45, 7) is 7.85. The molecule has 1 unspecified atom stereocenters. The molecule has 0 saturated carbocycles. The van der Waals surface area contributed by atoms with Crippen molar-refractivity contribution in [1.82, 2.24) is 0 Å². The molecule has 5 nitrogen and oxygen atoms in total. The maximum absolute atomic E-state index is 13.7. The van der Waals surface area contributed by atoms with Crippen LogP contribution in [0.3, 0.4) is 0 Å². The van der Waals surface area contributed by atoms with Crippen LogP contribution >= 0.6 is 0 Å². The lowest BCUT2D eigenvalue weighted by Gasteiger charge is -2.32. The largest absolute Gasteiger partial charge is 0.517 e. The van der Waals surface area contributed by atoms with Crippen LogP contribution in [0.25, 0.3) is 0 Å². The van der Waals surface area contributed by atoms with Crippen LogP contribution in [0.5, 0.6) is 0 Å². The Bertz CT molecular complexity index is 1340. The Hall–Kier alpha value is -2.78. The van der Waals surface area contributed by atoms with E-state index >= 15 is 0 Å². The summed E-state index contributed by atoms with van der Waals surface area (Å²) >= 11 is 0. The fraction of sp³-hybridized carbons (Fsp3) is 0.519. The van der Waals surface area contributed by atoms with Gasteiger partial charge in [-0.25, -0.2) is 4.48 Å². The molecule has 2 aliphatic rings. The summed E-state index contributed by atoms with van der Waals surface area (Å²) in [5.74, 6) is 0. The normalized spacial score (nSPS) is 26.1. The molecule has 2 heterocycles. The molecule has 2 saturated heterocycles. The van der Waals surface area contributed by atoms with Crippen LogP contribution in [-0.4, -0.2) is 42.0 Å². The van der Waals surface area contributed by atoms with Gasteiger partial charge in [0.1, 0.15) is 12.6 Å². The Kier molecular flexibility index (Phi) is 7.56. The highest BCUT2D eigenvalue weighted by Crippen LogP contribution is 2.44. The molecule has 0 radical (unpaired) electrons.